The molecule has 0 amide bonds. The van der Waals surface area contributed by atoms with Crippen LogP contribution in [0.15, 0.2) is 59.2 Å². The summed E-state index contributed by atoms with van der Waals surface area (Å²) in [5.74, 6) is -1.05. The molecule has 0 aromatic heterocycles. The van der Waals surface area contributed by atoms with Crippen molar-refractivity contribution in [1.29, 1.82) is 0 Å². The van der Waals surface area contributed by atoms with E-state index in [9.17, 15) is 9.18 Å². The van der Waals surface area contributed by atoms with E-state index in [2.05, 4.69) is 25.8 Å². The van der Waals surface area contributed by atoms with Crippen LogP contribution in [0.2, 0.25) is 0 Å². The Labute approximate surface area is 140 Å². The molecule has 1 aliphatic heterocycles. The summed E-state index contributed by atoms with van der Waals surface area (Å²) in [5.41, 5.74) is 2.45. The van der Waals surface area contributed by atoms with E-state index in [1.165, 1.54) is 17.7 Å². The second kappa shape index (κ2) is 6.04. The molecular formula is C20H18FNO2. The number of carbonyl (C=O) groups is 1. The molecule has 0 bridgehead atoms. The van der Waals surface area contributed by atoms with Gasteiger partial charge in [0.1, 0.15) is 5.82 Å². The smallest absolute Gasteiger partial charge is 0.363 e. The van der Waals surface area contributed by atoms with Crippen LogP contribution in [0.4, 0.5) is 4.39 Å². The first-order valence-corrected chi connectivity index (χ1v) is 7.72. The van der Waals surface area contributed by atoms with Gasteiger partial charge in [-0.2, -0.15) is 0 Å². The maximum absolute atomic E-state index is 13.8. The number of benzene rings is 2. The van der Waals surface area contributed by atoms with Crippen LogP contribution in [-0.2, 0) is 14.9 Å². The highest BCUT2D eigenvalue weighted by Crippen LogP contribution is 2.24. The second-order valence-electron chi connectivity index (χ2n) is 6.69. The van der Waals surface area contributed by atoms with Gasteiger partial charge in [-0.25, -0.2) is 14.2 Å². The van der Waals surface area contributed by atoms with Crippen LogP contribution in [0.3, 0.4) is 0 Å². The number of cyclic esters (lactones) is 1. The van der Waals surface area contributed by atoms with E-state index < -0.39 is 11.8 Å². The highest BCUT2D eigenvalue weighted by Gasteiger charge is 2.25. The Hall–Kier alpha value is -2.75. The zero-order valence-electron chi connectivity index (χ0n) is 13.8. The van der Waals surface area contributed by atoms with E-state index in [0.717, 1.165) is 5.56 Å². The van der Waals surface area contributed by atoms with Gasteiger partial charge in [0.25, 0.3) is 0 Å². The molecule has 3 rings (SSSR count). The normalized spacial score (nSPS) is 16.2. The monoisotopic (exact) mass is 323 g/mol. The maximum atomic E-state index is 13.8. The fraction of sp³-hybridized carbons (Fsp3) is 0.200. The Morgan fingerprint density at radius 1 is 1.04 bits per heavy atom. The first-order chi connectivity index (χ1) is 11.3. The summed E-state index contributed by atoms with van der Waals surface area (Å²) in [7, 11) is 0. The van der Waals surface area contributed by atoms with Gasteiger partial charge in [0.05, 0.1) is 5.56 Å². The van der Waals surface area contributed by atoms with E-state index in [1.807, 2.05) is 24.3 Å². The predicted molar refractivity (Wildman–Crippen MR) is 92.1 cm³/mol. The number of hydrogen-bond acceptors (Lipinski definition) is 3. The minimum absolute atomic E-state index is 0.00402. The van der Waals surface area contributed by atoms with Gasteiger partial charge in [0, 0.05) is 0 Å². The number of carbonyl (C=O) groups excluding carboxylic acids is 1. The first kappa shape index (κ1) is 16.1. The Bertz CT molecular complexity index is 843. The minimum atomic E-state index is -0.576. The van der Waals surface area contributed by atoms with Crippen molar-refractivity contribution in [3.63, 3.8) is 0 Å². The maximum Gasteiger partial charge on any atom is 0.363 e. The van der Waals surface area contributed by atoms with Gasteiger partial charge in [0.15, 0.2) is 5.70 Å². The van der Waals surface area contributed by atoms with Crippen LogP contribution in [0.5, 0.6) is 0 Å². The highest BCUT2D eigenvalue weighted by molar-refractivity contribution is 6.12. The van der Waals surface area contributed by atoms with Gasteiger partial charge >= 0.3 is 5.97 Å². The van der Waals surface area contributed by atoms with Crippen LogP contribution >= 0.6 is 0 Å². The Kier molecular flexibility index (Phi) is 4.06. The summed E-state index contributed by atoms with van der Waals surface area (Å²) in [5, 5.41) is 0. The minimum Gasteiger partial charge on any atom is -0.402 e. The Balaban J connectivity index is 1.90. The summed E-state index contributed by atoms with van der Waals surface area (Å²) in [6.45, 7) is 6.42. The number of halogens is 1. The summed E-state index contributed by atoms with van der Waals surface area (Å²) in [6, 6.07) is 14.0. The van der Waals surface area contributed by atoms with Gasteiger partial charge in [-0.15, -0.1) is 0 Å². The molecule has 0 spiro atoms. The Morgan fingerprint density at radius 2 is 1.71 bits per heavy atom. The number of aliphatic imine (C=N–C) groups is 1. The largest absolute Gasteiger partial charge is 0.402 e. The van der Waals surface area contributed by atoms with Crippen molar-refractivity contribution in [2.24, 2.45) is 4.99 Å². The number of rotatable bonds is 2. The highest BCUT2D eigenvalue weighted by atomic mass is 19.1. The predicted octanol–water partition coefficient (Wildman–Crippen LogP) is 4.47. The van der Waals surface area contributed by atoms with Gasteiger partial charge < -0.3 is 4.74 Å². The third-order valence-corrected chi connectivity index (χ3v) is 3.80. The van der Waals surface area contributed by atoms with Gasteiger partial charge in [-0.1, -0.05) is 57.2 Å². The second-order valence-corrected chi connectivity index (χ2v) is 6.69. The fourth-order valence-corrected chi connectivity index (χ4v) is 2.40. The third-order valence-electron chi connectivity index (χ3n) is 3.80. The molecule has 0 fully saturated rings. The quantitative estimate of drug-likeness (QED) is 0.604. The zero-order valence-corrected chi connectivity index (χ0v) is 13.8. The summed E-state index contributed by atoms with van der Waals surface area (Å²) < 4.78 is 18.9. The summed E-state index contributed by atoms with van der Waals surface area (Å²) in [4.78, 5) is 16.1. The molecule has 0 unspecified atom stereocenters. The molecule has 2 aromatic carbocycles. The van der Waals surface area contributed by atoms with Gasteiger partial charge in [-0.05, 0) is 34.8 Å². The van der Waals surface area contributed by atoms with Crippen LogP contribution in [-0.4, -0.2) is 11.9 Å². The molecule has 1 aliphatic rings. The molecule has 0 aliphatic carbocycles. The van der Waals surface area contributed by atoms with Gasteiger partial charge in [0.2, 0.25) is 5.90 Å². The number of hydrogen-bond donors (Lipinski definition) is 0. The standard InChI is InChI=1S/C20H18FNO2/c1-20(2,3)14-10-8-13(9-11-14)12-17-19(23)24-18(22-17)15-6-4-5-7-16(15)21/h4-12H,1-3H3. The molecule has 0 saturated heterocycles. The van der Waals surface area contributed by atoms with E-state index in [4.69, 9.17) is 4.74 Å². The molecule has 0 radical (unpaired) electrons. The average Bonchev–Trinajstić information content (AvgIpc) is 2.88. The lowest BCUT2D eigenvalue weighted by molar-refractivity contribution is -0.129. The first-order valence-electron chi connectivity index (χ1n) is 7.72. The van der Waals surface area contributed by atoms with Gasteiger partial charge in [-0.3, -0.25) is 0 Å². The van der Waals surface area contributed by atoms with Crippen molar-refractivity contribution in [1.82, 2.24) is 0 Å². The van der Waals surface area contributed by atoms with Crippen LogP contribution in [0.25, 0.3) is 6.08 Å². The molecule has 0 N–H and O–H groups in total. The zero-order chi connectivity index (χ0) is 17.3. The topological polar surface area (TPSA) is 38.7 Å². The van der Waals surface area contributed by atoms with Crippen molar-refractivity contribution in [2.45, 2.75) is 26.2 Å². The SMILES string of the molecule is CC(C)(C)c1ccc(C=C2N=C(c3ccccc3F)OC2=O)cc1. The molecule has 0 atom stereocenters. The van der Waals surface area contributed by atoms with E-state index >= 15 is 0 Å². The van der Waals surface area contributed by atoms with E-state index in [1.54, 1.807) is 18.2 Å². The average molecular weight is 323 g/mol. The molecule has 3 nitrogen and oxygen atoms in total. The summed E-state index contributed by atoms with van der Waals surface area (Å²) in [6.07, 6.45) is 1.64. The molecule has 24 heavy (non-hydrogen) atoms. The molecule has 122 valence electrons. The fourth-order valence-electron chi connectivity index (χ4n) is 2.40. The molecule has 2 aromatic rings. The Morgan fingerprint density at radius 3 is 2.33 bits per heavy atom. The lowest BCUT2D eigenvalue weighted by Crippen LogP contribution is -2.10. The lowest BCUT2D eigenvalue weighted by Gasteiger charge is -2.18. The third kappa shape index (κ3) is 3.27. The van der Waals surface area contributed by atoms with E-state index in [-0.39, 0.29) is 22.6 Å². The van der Waals surface area contributed by atoms with Crippen molar-refractivity contribution < 1.29 is 13.9 Å². The molecule has 0 saturated carbocycles. The molecule has 4 heteroatoms. The number of ether oxygens (including phenoxy) is 1. The number of esters is 1. The van der Waals surface area contributed by atoms with Crippen molar-refractivity contribution in [2.75, 3.05) is 0 Å². The lowest BCUT2D eigenvalue weighted by atomic mass is 9.87. The van der Waals surface area contributed by atoms with Crippen molar-refractivity contribution >= 4 is 17.9 Å². The van der Waals surface area contributed by atoms with E-state index in [0.29, 0.717) is 0 Å². The van der Waals surface area contributed by atoms with Crippen LogP contribution in [0, 0.1) is 5.82 Å². The van der Waals surface area contributed by atoms with Crippen LogP contribution < -0.4 is 0 Å². The summed E-state index contributed by atoms with van der Waals surface area (Å²) >= 11 is 0. The van der Waals surface area contributed by atoms with Crippen molar-refractivity contribution in [3.05, 3.63) is 76.7 Å². The molecular weight excluding hydrogens is 305 g/mol. The number of nitrogens with zero attached hydrogens (tertiary/aromatic N) is 1. The molecule has 1 heterocycles. The van der Waals surface area contributed by atoms with Crippen molar-refractivity contribution in [3.8, 4) is 0 Å². The van der Waals surface area contributed by atoms with Crippen LogP contribution in [0.1, 0.15) is 37.5 Å².